The fourth-order valence-corrected chi connectivity index (χ4v) is 8.51. The molecule has 2 bridgehead atoms. The van der Waals surface area contributed by atoms with Crippen LogP contribution in [0.3, 0.4) is 0 Å². The first-order valence-electron chi connectivity index (χ1n) is 15.1. The van der Waals surface area contributed by atoms with E-state index in [4.69, 9.17) is 9.72 Å². The Morgan fingerprint density at radius 1 is 1.16 bits per heavy atom. The Hall–Kier alpha value is -3.28. The number of phenols is 1. The minimum atomic E-state index is -0.873. The van der Waals surface area contributed by atoms with Crippen molar-refractivity contribution in [3.8, 4) is 23.0 Å². The van der Waals surface area contributed by atoms with Crippen LogP contribution in [0.1, 0.15) is 32.1 Å². The van der Waals surface area contributed by atoms with Crippen LogP contribution >= 0.6 is 11.8 Å². The van der Waals surface area contributed by atoms with Crippen LogP contribution in [0.4, 0.5) is 14.6 Å². The van der Waals surface area contributed by atoms with Gasteiger partial charge >= 0.3 is 6.01 Å². The highest BCUT2D eigenvalue weighted by Crippen LogP contribution is 2.42. The van der Waals surface area contributed by atoms with Crippen molar-refractivity contribution >= 4 is 39.3 Å². The van der Waals surface area contributed by atoms with Crippen LogP contribution in [0.15, 0.2) is 41.4 Å². The van der Waals surface area contributed by atoms with Gasteiger partial charge in [0.25, 0.3) is 0 Å². The molecule has 4 saturated heterocycles. The van der Waals surface area contributed by atoms with Gasteiger partial charge in [0.15, 0.2) is 5.82 Å². The summed E-state index contributed by atoms with van der Waals surface area (Å²) in [7, 11) is 0. The number of hydrogen-bond acceptors (Lipinski definition) is 9. The number of aromatic nitrogens is 3. The van der Waals surface area contributed by atoms with Gasteiger partial charge in [0, 0.05) is 60.2 Å². The van der Waals surface area contributed by atoms with E-state index in [1.165, 1.54) is 0 Å². The average molecular weight is 605 g/mol. The lowest BCUT2D eigenvalue weighted by Gasteiger charge is -2.34. The molecule has 4 aliphatic heterocycles. The minimum Gasteiger partial charge on any atom is -0.508 e. The van der Waals surface area contributed by atoms with E-state index in [-0.39, 0.29) is 35.1 Å². The summed E-state index contributed by atoms with van der Waals surface area (Å²) in [5, 5.41) is 16.4. The van der Waals surface area contributed by atoms with E-state index in [0.29, 0.717) is 41.8 Å². The number of nitrogens with zero attached hydrogens (tertiary/aromatic N) is 5. The number of nitrogens with one attached hydrogen (secondary N) is 1. The van der Waals surface area contributed by atoms with Crippen molar-refractivity contribution in [2.45, 2.75) is 60.8 Å². The molecular weight excluding hydrogens is 570 g/mol. The monoisotopic (exact) mass is 604 g/mol. The topological polar surface area (TPSA) is 86.6 Å². The second-order valence-corrected chi connectivity index (χ2v) is 13.3. The quantitative estimate of drug-likeness (QED) is 0.285. The molecule has 2 aromatic carbocycles. The first-order valence-corrected chi connectivity index (χ1v) is 16.3. The van der Waals surface area contributed by atoms with Crippen LogP contribution in [-0.2, 0) is 0 Å². The predicted molar refractivity (Wildman–Crippen MR) is 164 cm³/mol. The Morgan fingerprint density at radius 2 is 2.00 bits per heavy atom. The molecule has 0 radical (unpaired) electrons. The van der Waals surface area contributed by atoms with Gasteiger partial charge in [-0.2, -0.15) is 9.97 Å². The van der Waals surface area contributed by atoms with Gasteiger partial charge in [0.05, 0.1) is 10.9 Å². The maximum Gasteiger partial charge on any atom is 0.319 e. The molecule has 4 aromatic rings. The fourth-order valence-electron chi connectivity index (χ4n) is 7.87. The Kier molecular flexibility index (Phi) is 6.61. The highest BCUT2D eigenvalue weighted by Gasteiger charge is 2.49. The molecule has 0 aliphatic carbocycles. The number of aromatic hydroxyl groups is 1. The van der Waals surface area contributed by atoms with E-state index in [1.54, 1.807) is 30.1 Å². The van der Waals surface area contributed by atoms with Crippen LogP contribution in [0, 0.1) is 5.82 Å². The van der Waals surface area contributed by atoms with Gasteiger partial charge in [-0.15, -0.1) is 11.8 Å². The summed E-state index contributed by atoms with van der Waals surface area (Å²) in [5.74, 6) is 0.0589. The van der Waals surface area contributed by atoms with Crippen LogP contribution in [0.5, 0.6) is 11.8 Å². The van der Waals surface area contributed by atoms with Crippen LogP contribution in [-0.4, -0.2) is 87.8 Å². The van der Waals surface area contributed by atoms with E-state index in [1.807, 2.05) is 24.5 Å². The number of phenolic OH excluding ortho intramolecular Hbond substituents is 1. The number of pyridine rings is 1. The largest absolute Gasteiger partial charge is 0.508 e. The van der Waals surface area contributed by atoms with Crippen molar-refractivity contribution in [2.24, 2.45) is 0 Å². The van der Waals surface area contributed by atoms with Gasteiger partial charge in [-0.25, -0.2) is 8.78 Å². The Balaban J connectivity index is 1.26. The van der Waals surface area contributed by atoms with E-state index < -0.39 is 12.0 Å². The zero-order chi connectivity index (χ0) is 29.3. The number of thioether (sulfide) groups is 1. The molecule has 2 aromatic heterocycles. The lowest BCUT2D eigenvalue weighted by molar-refractivity contribution is 0.107. The number of piperazine rings is 1. The molecule has 8 rings (SSSR count). The lowest BCUT2D eigenvalue weighted by Crippen LogP contribution is -2.51. The molecule has 4 atom stereocenters. The Bertz CT molecular complexity index is 1730. The Labute approximate surface area is 252 Å². The maximum absolute atomic E-state index is 16.8. The molecule has 0 spiro atoms. The molecule has 6 heterocycles. The number of anilines is 1. The molecule has 0 saturated carbocycles. The normalized spacial score (nSPS) is 27.0. The average Bonchev–Trinajstić information content (AvgIpc) is 3.65. The number of benzene rings is 2. The third-order valence-electron chi connectivity index (χ3n) is 9.79. The van der Waals surface area contributed by atoms with E-state index >= 15 is 4.39 Å². The second kappa shape index (κ2) is 10.4. The molecule has 8 nitrogen and oxygen atoms in total. The Morgan fingerprint density at radius 3 is 2.81 bits per heavy atom. The summed E-state index contributed by atoms with van der Waals surface area (Å²) < 4.78 is 37.5. The number of halogens is 2. The van der Waals surface area contributed by atoms with Gasteiger partial charge in [0.1, 0.15) is 35.6 Å². The van der Waals surface area contributed by atoms with Crippen LogP contribution in [0.25, 0.3) is 32.9 Å². The predicted octanol–water partition coefficient (Wildman–Crippen LogP) is 5.31. The molecule has 4 fully saturated rings. The molecule has 11 heteroatoms. The van der Waals surface area contributed by atoms with Crippen LogP contribution in [0.2, 0.25) is 0 Å². The molecule has 2 N–H and O–H groups in total. The van der Waals surface area contributed by atoms with Crippen molar-refractivity contribution in [3.05, 3.63) is 42.3 Å². The van der Waals surface area contributed by atoms with Crippen molar-refractivity contribution < 1.29 is 18.6 Å². The molecule has 224 valence electrons. The molecule has 0 amide bonds. The first-order chi connectivity index (χ1) is 20.9. The smallest absolute Gasteiger partial charge is 0.319 e. The molecule has 3 unspecified atom stereocenters. The van der Waals surface area contributed by atoms with Crippen molar-refractivity contribution in [2.75, 3.05) is 43.9 Å². The SMILES string of the molecule is CSc1cccc2cc(O)cc(-c3ncc4c(N5CC6CCC(C5)N6)nc(OCC56CCCN5C[C@H](F)C6)nc4c3F)c12. The third-order valence-corrected chi connectivity index (χ3v) is 10.6. The minimum absolute atomic E-state index is 0.0360. The summed E-state index contributed by atoms with van der Waals surface area (Å²) in [6.07, 6.45) is 7.23. The van der Waals surface area contributed by atoms with Crippen molar-refractivity contribution in [1.82, 2.24) is 25.2 Å². The number of alkyl halides is 1. The first kappa shape index (κ1) is 27.3. The van der Waals surface area contributed by atoms with E-state index in [0.717, 1.165) is 61.0 Å². The van der Waals surface area contributed by atoms with Crippen molar-refractivity contribution in [1.29, 1.82) is 0 Å². The lowest BCUT2D eigenvalue weighted by atomic mass is 9.95. The van der Waals surface area contributed by atoms with Crippen LogP contribution < -0.4 is 15.0 Å². The highest BCUT2D eigenvalue weighted by molar-refractivity contribution is 7.98. The maximum atomic E-state index is 16.8. The zero-order valence-electron chi connectivity index (χ0n) is 24.0. The number of rotatable bonds is 6. The van der Waals surface area contributed by atoms with Gasteiger partial charge in [-0.3, -0.25) is 9.88 Å². The van der Waals surface area contributed by atoms with Gasteiger partial charge in [0.2, 0.25) is 0 Å². The summed E-state index contributed by atoms with van der Waals surface area (Å²) in [6.45, 7) is 3.05. The number of fused-ring (bicyclic) bond motifs is 5. The molecule has 43 heavy (non-hydrogen) atoms. The van der Waals surface area contributed by atoms with E-state index in [9.17, 15) is 9.50 Å². The van der Waals surface area contributed by atoms with Gasteiger partial charge < -0.3 is 20.1 Å². The number of ether oxygens (including phenoxy) is 1. The summed E-state index contributed by atoms with van der Waals surface area (Å²) in [5.41, 5.74) is 0.373. The highest BCUT2D eigenvalue weighted by atomic mass is 32.2. The summed E-state index contributed by atoms with van der Waals surface area (Å²) in [6, 6.07) is 9.84. The number of hydrogen-bond donors (Lipinski definition) is 2. The van der Waals surface area contributed by atoms with Gasteiger partial charge in [-0.05, 0) is 62.1 Å². The summed E-state index contributed by atoms with van der Waals surface area (Å²) in [4.78, 5) is 19.5. The fraction of sp³-hybridized carbons (Fsp3) is 0.469. The second-order valence-electron chi connectivity index (χ2n) is 12.5. The standard InChI is InChI=1S/C32H34F2N6O2S/c1-43-25-5-2-4-18-10-22(41)11-23(26(18)25)28-27(34)29-24(13-35-28)30(39-15-20-6-7-21(16-39)36-20)38-31(37-29)42-17-32-8-3-9-40(32)14-19(33)12-32/h2,4-5,10-11,13,19-21,36,41H,3,6-9,12,14-17H2,1H3/t19-,20?,21?,32?/m1/s1. The van der Waals surface area contributed by atoms with Crippen molar-refractivity contribution in [3.63, 3.8) is 0 Å². The zero-order valence-corrected chi connectivity index (χ0v) is 24.8. The molecular formula is C32H34F2N6O2S. The third kappa shape index (κ3) is 4.58. The van der Waals surface area contributed by atoms with Gasteiger partial charge in [-0.1, -0.05) is 12.1 Å². The molecule has 4 aliphatic rings. The van der Waals surface area contributed by atoms with E-state index in [2.05, 4.69) is 25.1 Å². The summed E-state index contributed by atoms with van der Waals surface area (Å²) >= 11 is 1.56.